The van der Waals surface area contributed by atoms with Gasteiger partial charge in [-0.3, -0.25) is 9.69 Å². The molecule has 116 valence electrons. The van der Waals surface area contributed by atoms with Crippen LogP contribution in [0.1, 0.15) is 32.9 Å². The van der Waals surface area contributed by atoms with Gasteiger partial charge in [0, 0.05) is 12.1 Å². The molecule has 4 heteroatoms. The van der Waals surface area contributed by atoms with Crippen LogP contribution in [-0.2, 0) is 11.3 Å². The summed E-state index contributed by atoms with van der Waals surface area (Å²) in [6, 6.07) is 5.59. The van der Waals surface area contributed by atoms with Gasteiger partial charge in [0.25, 0.3) is 5.91 Å². The van der Waals surface area contributed by atoms with Crippen LogP contribution in [-0.4, -0.2) is 17.4 Å². The van der Waals surface area contributed by atoms with Crippen LogP contribution in [0.4, 0.5) is 5.82 Å². The van der Waals surface area contributed by atoms with Crippen LogP contribution in [0.2, 0.25) is 0 Å². The van der Waals surface area contributed by atoms with Gasteiger partial charge in [-0.2, -0.15) is 0 Å². The molecular weight excluding hydrogens is 274 g/mol. The molecule has 0 saturated carbocycles. The van der Waals surface area contributed by atoms with Crippen molar-refractivity contribution in [3.05, 3.63) is 58.8 Å². The summed E-state index contributed by atoms with van der Waals surface area (Å²) >= 11 is 0. The molecule has 1 aromatic heterocycles. The first-order chi connectivity index (χ1) is 10.5. The molecule has 1 aliphatic rings. The molecule has 0 unspecified atom stereocenters. The topological polar surface area (TPSA) is 59.2 Å². The predicted octanol–water partition coefficient (Wildman–Crippen LogP) is 3.12. The van der Waals surface area contributed by atoms with Gasteiger partial charge in [-0.25, -0.2) is 4.98 Å². The van der Waals surface area contributed by atoms with Crippen LogP contribution < -0.4 is 10.6 Å². The number of anilines is 1. The standard InChI is InChI=1S/C18H23N3O/c1-5-13(4)16-11-21(18(22)15(16)9-12(2)3)17-8-6-7-14(10-19)20-17/h6-9H,2,5,10-11,19H2,1,3-4H3/b15-9+,16-13+. The van der Waals surface area contributed by atoms with Gasteiger partial charge in [-0.1, -0.05) is 30.7 Å². The fourth-order valence-corrected chi connectivity index (χ4v) is 2.48. The van der Waals surface area contributed by atoms with Gasteiger partial charge in [0.1, 0.15) is 5.82 Å². The van der Waals surface area contributed by atoms with Crippen molar-refractivity contribution in [1.29, 1.82) is 0 Å². The molecule has 2 heterocycles. The average molecular weight is 297 g/mol. The first-order valence-electron chi connectivity index (χ1n) is 7.52. The summed E-state index contributed by atoms with van der Waals surface area (Å²) in [6.07, 6.45) is 2.78. The number of carbonyl (C=O) groups excluding carboxylic acids is 1. The third-order valence-corrected chi connectivity index (χ3v) is 3.83. The molecule has 0 atom stereocenters. The molecule has 22 heavy (non-hydrogen) atoms. The first-order valence-corrected chi connectivity index (χ1v) is 7.52. The summed E-state index contributed by atoms with van der Waals surface area (Å²) in [5.74, 6) is 0.631. The maximum Gasteiger partial charge on any atom is 0.260 e. The second kappa shape index (κ2) is 6.71. The molecule has 1 amide bonds. The number of rotatable bonds is 4. The highest BCUT2D eigenvalue weighted by molar-refractivity contribution is 6.12. The van der Waals surface area contributed by atoms with Crippen molar-refractivity contribution in [2.45, 2.75) is 33.7 Å². The Hall–Kier alpha value is -2.20. The quantitative estimate of drug-likeness (QED) is 0.869. The minimum absolute atomic E-state index is 0.0209. The number of allylic oxidation sites excluding steroid dienone is 3. The Morgan fingerprint density at radius 3 is 2.77 bits per heavy atom. The minimum Gasteiger partial charge on any atom is -0.325 e. The van der Waals surface area contributed by atoms with Crippen LogP contribution in [0.15, 0.2) is 53.1 Å². The van der Waals surface area contributed by atoms with Gasteiger partial charge in [0.05, 0.1) is 12.2 Å². The summed E-state index contributed by atoms with van der Waals surface area (Å²) in [6.45, 7) is 10.9. The lowest BCUT2D eigenvalue weighted by atomic mass is 10.0. The lowest BCUT2D eigenvalue weighted by molar-refractivity contribution is -0.114. The molecule has 0 radical (unpaired) electrons. The lowest BCUT2D eigenvalue weighted by Gasteiger charge is -2.14. The van der Waals surface area contributed by atoms with E-state index in [9.17, 15) is 4.79 Å². The Kier molecular flexibility index (Phi) is 4.93. The number of hydrogen-bond acceptors (Lipinski definition) is 3. The van der Waals surface area contributed by atoms with E-state index in [-0.39, 0.29) is 5.91 Å². The smallest absolute Gasteiger partial charge is 0.260 e. The van der Waals surface area contributed by atoms with E-state index in [0.717, 1.165) is 28.8 Å². The summed E-state index contributed by atoms with van der Waals surface area (Å²) in [7, 11) is 0. The predicted molar refractivity (Wildman–Crippen MR) is 90.4 cm³/mol. The molecule has 1 aromatic rings. The first kappa shape index (κ1) is 16.2. The molecule has 0 aromatic carbocycles. The fourth-order valence-electron chi connectivity index (χ4n) is 2.48. The van der Waals surface area contributed by atoms with Gasteiger partial charge >= 0.3 is 0 Å². The van der Waals surface area contributed by atoms with Gasteiger partial charge < -0.3 is 5.73 Å². The third-order valence-electron chi connectivity index (χ3n) is 3.83. The number of aromatic nitrogens is 1. The number of hydrogen-bond donors (Lipinski definition) is 1. The van der Waals surface area contributed by atoms with Crippen molar-refractivity contribution in [2.75, 3.05) is 11.4 Å². The number of pyridine rings is 1. The van der Waals surface area contributed by atoms with Crippen molar-refractivity contribution in [3.8, 4) is 0 Å². The number of carbonyl (C=O) groups is 1. The normalized spacial score (nSPS) is 19.0. The Morgan fingerprint density at radius 1 is 1.45 bits per heavy atom. The molecule has 2 rings (SSSR count). The van der Waals surface area contributed by atoms with E-state index in [4.69, 9.17) is 5.73 Å². The highest BCUT2D eigenvalue weighted by Gasteiger charge is 2.33. The highest BCUT2D eigenvalue weighted by Crippen LogP contribution is 2.31. The van der Waals surface area contributed by atoms with Gasteiger partial charge in [0.2, 0.25) is 0 Å². The molecule has 0 bridgehead atoms. The number of amides is 1. The van der Waals surface area contributed by atoms with Gasteiger partial charge in [-0.05, 0) is 44.1 Å². The van der Waals surface area contributed by atoms with Gasteiger partial charge in [-0.15, -0.1) is 0 Å². The van der Waals surface area contributed by atoms with Crippen molar-refractivity contribution in [1.82, 2.24) is 4.98 Å². The summed E-state index contributed by atoms with van der Waals surface area (Å²) in [5.41, 5.74) is 10.3. The number of nitrogens with two attached hydrogens (primary N) is 1. The van der Waals surface area contributed by atoms with Crippen molar-refractivity contribution < 1.29 is 4.79 Å². The van der Waals surface area contributed by atoms with Crippen LogP contribution in [0, 0.1) is 0 Å². The van der Waals surface area contributed by atoms with Crippen LogP contribution >= 0.6 is 0 Å². The summed E-state index contributed by atoms with van der Waals surface area (Å²) in [4.78, 5) is 19.0. The van der Waals surface area contributed by atoms with Crippen LogP contribution in [0.25, 0.3) is 0 Å². The monoisotopic (exact) mass is 297 g/mol. The average Bonchev–Trinajstić information content (AvgIpc) is 2.83. The SMILES string of the molecule is C=C(C)/C=C1/C(=O)N(c2cccc(CN)n2)C/C1=C(/C)CC. The molecule has 4 nitrogen and oxygen atoms in total. The highest BCUT2D eigenvalue weighted by atomic mass is 16.2. The zero-order chi connectivity index (χ0) is 16.3. The molecule has 1 aliphatic heterocycles. The molecule has 0 spiro atoms. The Morgan fingerprint density at radius 2 is 2.18 bits per heavy atom. The molecule has 1 fully saturated rings. The maximum absolute atomic E-state index is 12.8. The van der Waals surface area contributed by atoms with E-state index < -0.39 is 0 Å². The van der Waals surface area contributed by atoms with E-state index in [1.807, 2.05) is 31.2 Å². The van der Waals surface area contributed by atoms with Crippen LogP contribution in [0.3, 0.4) is 0 Å². The fraction of sp³-hybridized carbons (Fsp3) is 0.333. The van der Waals surface area contributed by atoms with E-state index in [1.54, 1.807) is 4.90 Å². The molecular formula is C18H23N3O. The van der Waals surface area contributed by atoms with Crippen molar-refractivity contribution in [2.24, 2.45) is 5.73 Å². The molecule has 0 aliphatic carbocycles. The zero-order valence-electron chi connectivity index (χ0n) is 13.5. The molecule has 1 saturated heterocycles. The van der Waals surface area contributed by atoms with Crippen LogP contribution in [0.5, 0.6) is 0 Å². The van der Waals surface area contributed by atoms with E-state index >= 15 is 0 Å². The van der Waals surface area contributed by atoms with E-state index in [1.165, 1.54) is 5.57 Å². The van der Waals surface area contributed by atoms with E-state index in [0.29, 0.717) is 18.9 Å². The van der Waals surface area contributed by atoms with Gasteiger partial charge in [0.15, 0.2) is 0 Å². The second-order valence-corrected chi connectivity index (χ2v) is 5.60. The number of nitrogens with zero attached hydrogens (tertiary/aromatic N) is 2. The molecule has 2 N–H and O–H groups in total. The minimum atomic E-state index is -0.0209. The largest absolute Gasteiger partial charge is 0.325 e. The zero-order valence-corrected chi connectivity index (χ0v) is 13.5. The third kappa shape index (κ3) is 3.17. The van der Waals surface area contributed by atoms with Crippen molar-refractivity contribution in [3.63, 3.8) is 0 Å². The lowest BCUT2D eigenvalue weighted by Crippen LogP contribution is -2.26. The van der Waals surface area contributed by atoms with E-state index in [2.05, 4.69) is 25.4 Å². The Balaban J connectivity index is 2.48. The summed E-state index contributed by atoms with van der Waals surface area (Å²) in [5, 5.41) is 0. The second-order valence-electron chi connectivity index (χ2n) is 5.60. The summed E-state index contributed by atoms with van der Waals surface area (Å²) < 4.78 is 0. The maximum atomic E-state index is 12.8. The van der Waals surface area contributed by atoms with Crippen molar-refractivity contribution >= 4 is 11.7 Å². The Labute approximate surface area is 132 Å². The Bertz CT molecular complexity index is 671.